The van der Waals surface area contributed by atoms with Crippen molar-refractivity contribution in [2.75, 3.05) is 39.3 Å². The molecule has 1 amide bonds. The van der Waals surface area contributed by atoms with Crippen molar-refractivity contribution in [2.45, 2.75) is 29.7 Å². The standard InChI is InChI=1S/C25H28N2O7S2/c1-12(29)19-23(31)27-22(25(32)34-3)18(36-24(19)27)10-26-15-6-5-14(16(30)11-33-2)20-13(8-9-28)4-7-17(35)21(15)20/h4-7,12,19,24,26,28-29,35H,8-11H2,1-3H3/t12-,19?,24?/m1/s1. The molecule has 3 atom stereocenters. The predicted octanol–water partition coefficient (Wildman–Crippen LogP) is 2.20. The molecule has 2 aromatic carbocycles. The first-order chi connectivity index (χ1) is 17.2. The van der Waals surface area contributed by atoms with Crippen LogP contribution in [0.4, 0.5) is 5.69 Å². The minimum atomic E-state index is -0.838. The summed E-state index contributed by atoms with van der Waals surface area (Å²) in [6, 6.07) is 7.13. The number of nitrogens with one attached hydrogen (secondary N) is 1. The van der Waals surface area contributed by atoms with Gasteiger partial charge in [0.15, 0.2) is 5.78 Å². The van der Waals surface area contributed by atoms with Gasteiger partial charge >= 0.3 is 5.97 Å². The van der Waals surface area contributed by atoms with E-state index >= 15 is 0 Å². The molecular weight excluding hydrogens is 504 g/mol. The second-order valence-corrected chi connectivity index (χ2v) is 10.3. The van der Waals surface area contributed by atoms with Crippen LogP contribution in [-0.4, -0.2) is 78.2 Å². The average Bonchev–Trinajstić information content (AvgIpc) is 3.17. The molecule has 0 saturated carbocycles. The number of fused-ring (bicyclic) bond motifs is 2. The average molecular weight is 533 g/mol. The van der Waals surface area contributed by atoms with Gasteiger partial charge in [0.05, 0.1) is 19.1 Å². The fourth-order valence-electron chi connectivity index (χ4n) is 4.71. The number of β-lactam (4-membered cyclic amide) rings is 1. The van der Waals surface area contributed by atoms with Crippen molar-refractivity contribution in [3.63, 3.8) is 0 Å². The monoisotopic (exact) mass is 532 g/mol. The summed E-state index contributed by atoms with van der Waals surface area (Å²) >= 11 is 5.98. The Kier molecular flexibility index (Phi) is 7.96. The van der Waals surface area contributed by atoms with Crippen molar-refractivity contribution in [2.24, 2.45) is 5.92 Å². The number of carbonyl (C=O) groups is 3. The van der Waals surface area contributed by atoms with Crippen LogP contribution in [0, 0.1) is 5.92 Å². The molecule has 2 unspecified atom stereocenters. The first kappa shape index (κ1) is 26.5. The normalized spacial score (nSPS) is 19.8. The van der Waals surface area contributed by atoms with Crippen LogP contribution in [0.15, 0.2) is 39.8 Å². The van der Waals surface area contributed by atoms with E-state index in [1.54, 1.807) is 19.1 Å². The molecule has 2 aliphatic rings. The molecule has 3 N–H and O–H groups in total. The Bertz CT molecular complexity index is 1260. The van der Waals surface area contributed by atoms with Crippen molar-refractivity contribution < 1.29 is 34.1 Å². The molecule has 0 radical (unpaired) electrons. The second-order valence-electron chi connectivity index (χ2n) is 8.58. The van der Waals surface area contributed by atoms with Gasteiger partial charge in [0.1, 0.15) is 17.7 Å². The van der Waals surface area contributed by atoms with E-state index in [1.807, 2.05) is 12.1 Å². The number of thioether (sulfide) groups is 1. The largest absolute Gasteiger partial charge is 0.464 e. The number of esters is 1. The van der Waals surface area contributed by atoms with E-state index < -0.39 is 18.0 Å². The topological polar surface area (TPSA) is 125 Å². The Hall–Kier alpha value is -2.57. The number of benzene rings is 2. The Labute approximate surface area is 218 Å². The smallest absolute Gasteiger partial charge is 0.355 e. The van der Waals surface area contributed by atoms with Crippen LogP contribution in [0.3, 0.4) is 0 Å². The summed E-state index contributed by atoms with van der Waals surface area (Å²) in [5, 5.41) is 24.0. The number of ketones is 1. The summed E-state index contributed by atoms with van der Waals surface area (Å²) in [6.45, 7) is 1.60. The molecule has 2 heterocycles. The zero-order chi connectivity index (χ0) is 26.1. The van der Waals surface area contributed by atoms with Crippen LogP contribution in [-0.2, 0) is 25.5 Å². The number of hydrogen-bond donors (Lipinski definition) is 4. The Morgan fingerprint density at radius 3 is 2.61 bits per heavy atom. The zero-order valence-corrected chi connectivity index (χ0v) is 21.8. The molecule has 0 aromatic heterocycles. The minimum absolute atomic E-state index is 0.0844. The number of Topliss-reactive ketones (excluding diaryl/α,β-unsaturated/α-hetero) is 1. The van der Waals surface area contributed by atoms with Gasteiger partial charge in [-0.3, -0.25) is 14.5 Å². The molecule has 192 valence electrons. The third-order valence-corrected chi connectivity index (χ3v) is 8.11. The summed E-state index contributed by atoms with van der Waals surface area (Å²) in [6.07, 6.45) is -0.482. The van der Waals surface area contributed by atoms with E-state index in [0.717, 1.165) is 5.56 Å². The zero-order valence-electron chi connectivity index (χ0n) is 20.1. The quantitative estimate of drug-likeness (QED) is 0.158. The van der Waals surface area contributed by atoms with Crippen molar-refractivity contribution >= 4 is 58.5 Å². The van der Waals surface area contributed by atoms with Gasteiger partial charge in [-0.2, -0.15) is 0 Å². The highest BCUT2D eigenvalue weighted by molar-refractivity contribution is 8.04. The number of aliphatic hydroxyl groups is 2. The molecule has 1 saturated heterocycles. The summed E-state index contributed by atoms with van der Waals surface area (Å²) < 4.78 is 9.98. The van der Waals surface area contributed by atoms with Gasteiger partial charge in [-0.25, -0.2) is 4.79 Å². The molecular formula is C25H28N2O7S2. The number of ether oxygens (including phenoxy) is 2. The van der Waals surface area contributed by atoms with Crippen molar-refractivity contribution in [1.82, 2.24) is 4.90 Å². The van der Waals surface area contributed by atoms with Gasteiger partial charge in [-0.1, -0.05) is 17.8 Å². The first-order valence-corrected chi connectivity index (χ1v) is 12.7. The Balaban J connectivity index is 1.73. The van der Waals surface area contributed by atoms with Crippen LogP contribution < -0.4 is 5.32 Å². The molecule has 4 rings (SSSR count). The molecule has 0 spiro atoms. The van der Waals surface area contributed by atoms with Crippen LogP contribution in [0.25, 0.3) is 10.8 Å². The highest BCUT2D eigenvalue weighted by Crippen LogP contribution is 2.50. The maximum atomic E-state index is 12.8. The lowest BCUT2D eigenvalue weighted by molar-refractivity contribution is -0.157. The number of anilines is 1. The lowest BCUT2D eigenvalue weighted by Crippen LogP contribution is -2.60. The number of hydrogen-bond acceptors (Lipinski definition) is 10. The van der Waals surface area contributed by atoms with E-state index in [4.69, 9.17) is 9.47 Å². The van der Waals surface area contributed by atoms with Crippen molar-refractivity contribution in [1.29, 1.82) is 0 Å². The number of rotatable bonds is 10. The van der Waals surface area contributed by atoms with Crippen molar-refractivity contribution in [3.05, 3.63) is 46.0 Å². The van der Waals surface area contributed by atoms with Crippen LogP contribution in [0.2, 0.25) is 0 Å². The Morgan fingerprint density at radius 2 is 1.97 bits per heavy atom. The molecule has 2 aromatic rings. The fourth-order valence-corrected chi connectivity index (χ4v) is 6.56. The number of carbonyl (C=O) groups excluding carboxylic acids is 3. The highest BCUT2D eigenvalue weighted by atomic mass is 32.2. The summed E-state index contributed by atoms with van der Waals surface area (Å²) in [4.78, 5) is 40.6. The number of nitrogens with zero attached hydrogens (tertiary/aromatic N) is 1. The van der Waals surface area contributed by atoms with E-state index in [-0.39, 0.29) is 42.5 Å². The molecule has 11 heteroatoms. The van der Waals surface area contributed by atoms with Gasteiger partial charge in [-0.15, -0.1) is 12.6 Å². The highest BCUT2D eigenvalue weighted by Gasteiger charge is 2.57. The third-order valence-electron chi connectivity index (χ3n) is 6.37. The molecule has 0 aliphatic carbocycles. The number of methoxy groups -OCH3 is 2. The maximum Gasteiger partial charge on any atom is 0.355 e. The molecule has 1 fully saturated rings. The maximum absolute atomic E-state index is 12.8. The summed E-state index contributed by atoms with van der Waals surface area (Å²) in [5.41, 5.74) is 2.11. The molecule has 0 bridgehead atoms. The summed E-state index contributed by atoms with van der Waals surface area (Å²) in [7, 11) is 2.71. The van der Waals surface area contributed by atoms with Gasteiger partial charge in [0, 0.05) is 46.7 Å². The molecule has 36 heavy (non-hydrogen) atoms. The van der Waals surface area contributed by atoms with E-state index in [1.165, 1.54) is 30.9 Å². The van der Waals surface area contributed by atoms with E-state index in [0.29, 0.717) is 38.2 Å². The van der Waals surface area contributed by atoms with Crippen LogP contribution in [0.1, 0.15) is 22.8 Å². The first-order valence-electron chi connectivity index (χ1n) is 11.4. The number of amides is 1. The summed E-state index contributed by atoms with van der Waals surface area (Å²) in [5.74, 6) is -1.72. The Morgan fingerprint density at radius 1 is 1.22 bits per heavy atom. The SMILES string of the molecule is COCC(=O)c1ccc(NCC2=C(C(=O)OC)N3C(=O)C([C@@H](C)O)C3S2)c2c(S)ccc(CCO)c12. The second kappa shape index (κ2) is 10.8. The van der Waals surface area contributed by atoms with Gasteiger partial charge < -0.3 is 25.0 Å². The van der Waals surface area contributed by atoms with E-state index in [2.05, 4.69) is 17.9 Å². The molecule has 2 aliphatic heterocycles. The third kappa shape index (κ3) is 4.50. The molecule has 9 nitrogen and oxygen atoms in total. The van der Waals surface area contributed by atoms with Gasteiger partial charge in [0.25, 0.3) is 0 Å². The van der Waals surface area contributed by atoms with E-state index in [9.17, 15) is 24.6 Å². The van der Waals surface area contributed by atoms with Crippen molar-refractivity contribution in [3.8, 4) is 0 Å². The van der Waals surface area contributed by atoms with Crippen LogP contribution in [0.5, 0.6) is 0 Å². The minimum Gasteiger partial charge on any atom is -0.464 e. The number of aliphatic hydroxyl groups excluding tert-OH is 2. The lowest BCUT2D eigenvalue weighted by atomic mass is 9.92. The van der Waals surface area contributed by atoms with Gasteiger partial charge in [-0.05, 0) is 42.5 Å². The lowest BCUT2D eigenvalue weighted by Gasteiger charge is -2.43. The van der Waals surface area contributed by atoms with Gasteiger partial charge in [0.2, 0.25) is 5.91 Å². The number of thiol groups is 1. The van der Waals surface area contributed by atoms with Crippen LogP contribution >= 0.6 is 24.4 Å². The predicted molar refractivity (Wildman–Crippen MR) is 139 cm³/mol. The fraction of sp³-hybridized carbons (Fsp3) is 0.400.